The number of hydrazone groups is 1. The average molecular weight is 403 g/mol. The Kier molecular flexibility index (Phi) is 5.49. The lowest BCUT2D eigenvalue weighted by Gasteiger charge is -2.05. The van der Waals surface area contributed by atoms with Gasteiger partial charge in [0.1, 0.15) is 11.5 Å². The molecule has 0 saturated carbocycles. The first kappa shape index (κ1) is 18.6. The van der Waals surface area contributed by atoms with Crippen LogP contribution in [-0.2, 0) is 0 Å². The number of benzene rings is 3. The van der Waals surface area contributed by atoms with E-state index in [1.807, 2.05) is 36.4 Å². The number of nitrogens with one attached hydrogen (secondary N) is 1. The van der Waals surface area contributed by atoms with E-state index in [-0.39, 0.29) is 0 Å². The molecule has 0 spiro atoms. The minimum absolute atomic E-state index is 0.424. The highest BCUT2D eigenvalue weighted by atomic mass is 32.1. The maximum absolute atomic E-state index is 12.2. The van der Waals surface area contributed by atoms with Crippen molar-refractivity contribution in [3.63, 3.8) is 0 Å². The number of fused-ring (bicyclic) bond motifs is 1. The summed E-state index contributed by atoms with van der Waals surface area (Å²) in [7, 11) is 1.58. The summed E-state index contributed by atoms with van der Waals surface area (Å²) in [5.41, 5.74) is 5.20. The molecule has 1 aromatic heterocycles. The van der Waals surface area contributed by atoms with E-state index < -0.39 is 5.97 Å². The van der Waals surface area contributed by atoms with Gasteiger partial charge in [-0.15, -0.1) is 0 Å². The van der Waals surface area contributed by atoms with E-state index >= 15 is 0 Å². The molecule has 0 radical (unpaired) electrons. The summed E-state index contributed by atoms with van der Waals surface area (Å²) in [5, 5.41) is 4.94. The molecular formula is C22H17N3O3S. The second kappa shape index (κ2) is 8.53. The van der Waals surface area contributed by atoms with Gasteiger partial charge in [0.2, 0.25) is 5.13 Å². The Morgan fingerprint density at radius 2 is 1.72 bits per heavy atom. The Morgan fingerprint density at radius 1 is 1.00 bits per heavy atom. The predicted octanol–water partition coefficient (Wildman–Crippen LogP) is 4.97. The molecule has 1 heterocycles. The first-order chi connectivity index (χ1) is 14.2. The van der Waals surface area contributed by atoms with Gasteiger partial charge < -0.3 is 9.47 Å². The lowest BCUT2D eigenvalue weighted by atomic mass is 10.2. The number of anilines is 1. The fourth-order valence-corrected chi connectivity index (χ4v) is 3.41. The minimum atomic E-state index is -0.424. The lowest BCUT2D eigenvalue weighted by molar-refractivity contribution is 0.0734. The topological polar surface area (TPSA) is 72.8 Å². The van der Waals surface area contributed by atoms with E-state index in [1.54, 1.807) is 61.1 Å². The van der Waals surface area contributed by atoms with Gasteiger partial charge in [-0.3, -0.25) is 5.43 Å². The van der Waals surface area contributed by atoms with Crippen LogP contribution in [0.25, 0.3) is 10.2 Å². The maximum Gasteiger partial charge on any atom is 0.343 e. The summed E-state index contributed by atoms with van der Waals surface area (Å²) in [6.45, 7) is 0. The Balaban J connectivity index is 1.35. The van der Waals surface area contributed by atoms with Crippen molar-refractivity contribution in [1.82, 2.24) is 4.98 Å². The van der Waals surface area contributed by atoms with Crippen molar-refractivity contribution < 1.29 is 14.3 Å². The molecule has 0 saturated heterocycles. The predicted molar refractivity (Wildman–Crippen MR) is 115 cm³/mol. The minimum Gasteiger partial charge on any atom is -0.497 e. The van der Waals surface area contributed by atoms with Gasteiger partial charge >= 0.3 is 5.97 Å². The molecule has 3 aromatic carbocycles. The third-order valence-corrected chi connectivity index (χ3v) is 5.03. The number of hydrogen-bond acceptors (Lipinski definition) is 7. The number of esters is 1. The van der Waals surface area contributed by atoms with Crippen LogP contribution in [0.2, 0.25) is 0 Å². The van der Waals surface area contributed by atoms with E-state index in [2.05, 4.69) is 15.5 Å². The van der Waals surface area contributed by atoms with E-state index in [0.717, 1.165) is 20.9 Å². The molecule has 144 valence electrons. The molecular weight excluding hydrogens is 386 g/mol. The summed E-state index contributed by atoms with van der Waals surface area (Å²) >= 11 is 1.54. The standard InChI is InChI=1S/C22H17N3O3S/c1-27-17-12-8-16(9-13-17)21(26)28-18-10-6-15(7-11-18)14-23-25-22-24-19-4-2-3-5-20(19)29-22/h2-14H,1H3,(H,24,25). The smallest absolute Gasteiger partial charge is 0.343 e. The van der Waals surface area contributed by atoms with Crippen molar-refractivity contribution in [3.8, 4) is 11.5 Å². The summed E-state index contributed by atoms with van der Waals surface area (Å²) < 4.78 is 11.6. The first-order valence-corrected chi connectivity index (χ1v) is 9.64. The summed E-state index contributed by atoms with van der Waals surface area (Å²) in [5.74, 6) is 0.721. The fourth-order valence-electron chi connectivity index (χ4n) is 2.60. The van der Waals surface area contributed by atoms with Crippen molar-refractivity contribution in [1.29, 1.82) is 0 Å². The average Bonchev–Trinajstić information content (AvgIpc) is 3.18. The number of nitrogens with zero attached hydrogens (tertiary/aromatic N) is 2. The van der Waals surface area contributed by atoms with Gasteiger partial charge in [0.25, 0.3) is 0 Å². The zero-order valence-electron chi connectivity index (χ0n) is 15.5. The molecule has 0 aliphatic carbocycles. The summed E-state index contributed by atoms with van der Waals surface area (Å²) in [6, 6.07) is 21.8. The second-order valence-corrected chi connectivity index (χ2v) is 7.07. The second-order valence-electron chi connectivity index (χ2n) is 6.04. The third-order valence-electron chi connectivity index (χ3n) is 4.08. The number of para-hydroxylation sites is 1. The normalized spacial score (nSPS) is 10.9. The largest absolute Gasteiger partial charge is 0.497 e. The summed E-state index contributed by atoms with van der Waals surface area (Å²) in [6.07, 6.45) is 1.68. The monoisotopic (exact) mass is 403 g/mol. The molecule has 6 nitrogen and oxygen atoms in total. The Morgan fingerprint density at radius 3 is 2.45 bits per heavy atom. The number of rotatable bonds is 6. The van der Waals surface area contributed by atoms with Crippen LogP contribution in [0.15, 0.2) is 77.9 Å². The Bertz CT molecular complexity index is 1120. The van der Waals surface area contributed by atoms with Crippen LogP contribution in [0, 0.1) is 0 Å². The Labute approximate surface area is 171 Å². The fraction of sp³-hybridized carbons (Fsp3) is 0.0455. The zero-order valence-corrected chi connectivity index (χ0v) is 16.3. The molecule has 0 aliphatic heterocycles. The third kappa shape index (κ3) is 4.59. The van der Waals surface area contributed by atoms with Crippen molar-refractivity contribution in [2.24, 2.45) is 5.10 Å². The van der Waals surface area contributed by atoms with Gasteiger partial charge in [-0.1, -0.05) is 23.5 Å². The summed E-state index contributed by atoms with van der Waals surface area (Å²) in [4.78, 5) is 16.7. The van der Waals surface area contributed by atoms with Crippen LogP contribution in [-0.4, -0.2) is 24.3 Å². The lowest BCUT2D eigenvalue weighted by Crippen LogP contribution is -2.08. The zero-order chi connectivity index (χ0) is 20.1. The van der Waals surface area contributed by atoms with Crippen LogP contribution in [0.5, 0.6) is 11.5 Å². The van der Waals surface area contributed by atoms with Crippen molar-refractivity contribution in [3.05, 3.63) is 83.9 Å². The van der Waals surface area contributed by atoms with Crippen LogP contribution in [0.3, 0.4) is 0 Å². The number of carbonyl (C=O) groups is 1. The number of carbonyl (C=O) groups excluding carboxylic acids is 1. The van der Waals surface area contributed by atoms with E-state index in [0.29, 0.717) is 17.1 Å². The van der Waals surface area contributed by atoms with E-state index in [1.165, 1.54) is 0 Å². The van der Waals surface area contributed by atoms with Crippen molar-refractivity contribution in [2.45, 2.75) is 0 Å². The maximum atomic E-state index is 12.2. The number of ether oxygens (including phenoxy) is 2. The van der Waals surface area contributed by atoms with Crippen molar-refractivity contribution in [2.75, 3.05) is 12.5 Å². The van der Waals surface area contributed by atoms with Gasteiger partial charge in [0, 0.05) is 0 Å². The quantitative estimate of drug-likeness (QED) is 0.213. The van der Waals surface area contributed by atoms with E-state index in [9.17, 15) is 4.79 Å². The molecule has 0 fully saturated rings. The number of aromatic nitrogens is 1. The van der Waals surface area contributed by atoms with Crippen LogP contribution in [0.1, 0.15) is 15.9 Å². The molecule has 0 aliphatic rings. The molecule has 0 unspecified atom stereocenters. The van der Waals surface area contributed by atoms with Gasteiger partial charge in [0.15, 0.2) is 0 Å². The molecule has 29 heavy (non-hydrogen) atoms. The van der Waals surface area contributed by atoms with Crippen LogP contribution >= 0.6 is 11.3 Å². The first-order valence-electron chi connectivity index (χ1n) is 8.82. The highest BCUT2D eigenvalue weighted by Crippen LogP contribution is 2.25. The Hall–Kier alpha value is -3.71. The van der Waals surface area contributed by atoms with Gasteiger partial charge in [-0.25, -0.2) is 9.78 Å². The van der Waals surface area contributed by atoms with Crippen LogP contribution in [0.4, 0.5) is 5.13 Å². The molecule has 0 bridgehead atoms. The molecule has 4 rings (SSSR count). The van der Waals surface area contributed by atoms with Gasteiger partial charge in [-0.05, 0) is 66.2 Å². The van der Waals surface area contributed by atoms with Gasteiger partial charge in [0.05, 0.1) is 29.1 Å². The molecule has 0 amide bonds. The number of methoxy groups -OCH3 is 1. The highest BCUT2D eigenvalue weighted by Gasteiger charge is 2.08. The highest BCUT2D eigenvalue weighted by molar-refractivity contribution is 7.22. The molecule has 7 heteroatoms. The molecule has 4 aromatic rings. The molecule has 0 atom stereocenters. The van der Waals surface area contributed by atoms with Crippen LogP contribution < -0.4 is 14.9 Å². The van der Waals surface area contributed by atoms with Gasteiger partial charge in [-0.2, -0.15) is 5.10 Å². The SMILES string of the molecule is COc1ccc(C(=O)Oc2ccc(C=NNc3nc4ccccc4s3)cc2)cc1. The molecule has 1 N–H and O–H groups in total. The van der Waals surface area contributed by atoms with E-state index in [4.69, 9.17) is 9.47 Å². The number of thiazole rings is 1. The number of hydrogen-bond donors (Lipinski definition) is 1. The van der Waals surface area contributed by atoms with Crippen molar-refractivity contribution >= 4 is 38.9 Å².